The van der Waals surface area contributed by atoms with Gasteiger partial charge in [0.25, 0.3) is 5.91 Å². The van der Waals surface area contributed by atoms with Gasteiger partial charge < -0.3 is 24.1 Å². The molecular formula is C22H24N2O4. The number of aromatic nitrogens is 1. The van der Waals surface area contributed by atoms with Gasteiger partial charge in [0.2, 0.25) is 0 Å². The summed E-state index contributed by atoms with van der Waals surface area (Å²) in [5.41, 5.74) is 4.79. The predicted octanol–water partition coefficient (Wildman–Crippen LogP) is 3.70. The number of hydrogen-bond acceptors (Lipinski definition) is 4. The number of nitrogens with one attached hydrogen (secondary N) is 1. The third-order valence-corrected chi connectivity index (χ3v) is 5.48. The first-order valence-electron chi connectivity index (χ1n) is 9.25. The zero-order valence-corrected chi connectivity index (χ0v) is 16.6. The number of methoxy groups -OCH3 is 3. The number of ether oxygens (including phenoxy) is 3. The molecule has 0 saturated heterocycles. The van der Waals surface area contributed by atoms with Crippen molar-refractivity contribution in [3.63, 3.8) is 0 Å². The van der Waals surface area contributed by atoms with E-state index in [1.807, 2.05) is 42.2 Å². The van der Waals surface area contributed by atoms with Crippen molar-refractivity contribution < 1.29 is 19.0 Å². The number of benzene rings is 2. The Morgan fingerprint density at radius 2 is 1.71 bits per heavy atom. The summed E-state index contributed by atoms with van der Waals surface area (Å²) in [6.07, 6.45) is 0.786. The van der Waals surface area contributed by atoms with E-state index in [0.29, 0.717) is 24.5 Å². The van der Waals surface area contributed by atoms with Crippen molar-refractivity contribution in [2.24, 2.45) is 0 Å². The van der Waals surface area contributed by atoms with Crippen molar-refractivity contribution in [2.45, 2.75) is 19.9 Å². The lowest BCUT2D eigenvalue weighted by Crippen LogP contribution is -2.36. The fraction of sp³-hybridized carbons (Fsp3) is 0.318. The monoisotopic (exact) mass is 380 g/mol. The van der Waals surface area contributed by atoms with Gasteiger partial charge in [-0.1, -0.05) is 0 Å². The van der Waals surface area contributed by atoms with Crippen LogP contribution in [0.15, 0.2) is 30.3 Å². The van der Waals surface area contributed by atoms with Gasteiger partial charge >= 0.3 is 0 Å². The minimum atomic E-state index is 0.00750. The van der Waals surface area contributed by atoms with E-state index in [4.69, 9.17) is 14.2 Å². The summed E-state index contributed by atoms with van der Waals surface area (Å²) in [5.74, 6) is 2.19. The first kappa shape index (κ1) is 18.2. The van der Waals surface area contributed by atoms with Crippen molar-refractivity contribution in [1.82, 2.24) is 9.88 Å². The summed E-state index contributed by atoms with van der Waals surface area (Å²) < 4.78 is 16.1. The zero-order valence-electron chi connectivity index (χ0n) is 16.6. The van der Waals surface area contributed by atoms with Crippen LogP contribution in [0.2, 0.25) is 0 Å². The fourth-order valence-electron chi connectivity index (χ4n) is 3.86. The summed E-state index contributed by atoms with van der Waals surface area (Å²) in [6.45, 7) is 3.18. The molecule has 1 amide bonds. The SMILES string of the molecule is COc1ccc2[nH]c(C(=O)N3CCc4cc(OC)c(OC)cc4C3)c(C)c2c1. The number of amides is 1. The lowest BCUT2D eigenvalue weighted by molar-refractivity contribution is 0.0728. The highest BCUT2D eigenvalue weighted by molar-refractivity contribution is 6.01. The van der Waals surface area contributed by atoms with E-state index in [0.717, 1.165) is 39.9 Å². The summed E-state index contributed by atoms with van der Waals surface area (Å²) >= 11 is 0. The molecule has 146 valence electrons. The number of nitrogens with zero attached hydrogens (tertiary/aromatic N) is 1. The van der Waals surface area contributed by atoms with Crippen LogP contribution in [0, 0.1) is 6.92 Å². The maximum absolute atomic E-state index is 13.2. The summed E-state index contributed by atoms with van der Waals surface area (Å²) in [5, 5.41) is 1.01. The number of fused-ring (bicyclic) bond motifs is 2. The average Bonchev–Trinajstić information content (AvgIpc) is 3.07. The highest BCUT2D eigenvalue weighted by Crippen LogP contribution is 2.34. The van der Waals surface area contributed by atoms with Crippen LogP contribution < -0.4 is 14.2 Å². The second-order valence-electron chi connectivity index (χ2n) is 6.99. The average molecular weight is 380 g/mol. The Kier molecular flexibility index (Phi) is 4.63. The molecule has 2 aromatic carbocycles. The Morgan fingerprint density at radius 1 is 1.00 bits per heavy atom. The quantitative estimate of drug-likeness (QED) is 0.750. The molecule has 0 aliphatic carbocycles. The van der Waals surface area contributed by atoms with Gasteiger partial charge in [0, 0.05) is 24.0 Å². The molecular weight excluding hydrogens is 356 g/mol. The molecule has 0 fully saturated rings. The lowest BCUT2D eigenvalue weighted by atomic mass is 9.98. The minimum absolute atomic E-state index is 0.00750. The Hall–Kier alpha value is -3.15. The van der Waals surface area contributed by atoms with Crippen molar-refractivity contribution in [3.05, 3.63) is 52.7 Å². The molecule has 0 atom stereocenters. The number of rotatable bonds is 4. The van der Waals surface area contributed by atoms with Crippen molar-refractivity contribution in [2.75, 3.05) is 27.9 Å². The maximum Gasteiger partial charge on any atom is 0.270 e. The Balaban J connectivity index is 1.65. The molecule has 1 aliphatic rings. The van der Waals surface area contributed by atoms with Crippen LogP contribution in [0.25, 0.3) is 10.9 Å². The van der Waals surface area contributed by atoms with Crippen LogP contribution in [-0.4, -0.2) is 43.7 Å². The smallest absolute Gasteiger partial charge is 0.270 e. The third-order valence-electron chi connectivity index (χ3n) is 5.48. The maximum atomic E-state index is 13.2. The molecule has 2 heterocycles. The third kappa shape index (κ3) is 2.95. The van der Waals surface area contributed by atoms with Crippen LogP contribution in [0.4, 0.5) is 0 Å². The number of aryl methyl sites for hydroxylation is 1. The van der Waals surface area contributed by atoms with E-state index in [1.165, 1.54) is 5.56 Å². The van der Waals surface area contributed by atoms with E-state index >= 15 is 0 Å². The summed E-state index contributed by atoms with van der Waals surface area (Å²) in [6, 6.07) is 9.78. The molecule has 28 heavy (non-hydrogen) atoms. The van der Waals surface area contributed by atoms with Crippen LogP contribution >= 0.6 is 0 Å². The first-order valence-corrected chi connectivity index (χ1v) is 9.25. The highest BCUT2D eigenvalue weighted by atomic mass is 16.5. The molecule has 6 nitrogen and oxygen atoms in total. The largest absolute Gasteiger partial charge is 0.497 e. The van der Waals surface area contributed by atoms with Crippen LogP contribution in [0.3, 0.4) is 0 Å². The first-order chi connectivity index (χ1) is 13.5. The van der Waals surface area contributed by atoms with Gasteiger partial charge in [-0.3, -0.25) is 4.79 Å². The van der Waals surface area contributed by atoms with E-state index in [-0.39, 0.29) is 5.91 Å². The van der Waals surface area contributed by atoms with Crippen LogP contribution in [0.5, 0.6) is 17.2 Å². The van der Waals surface area contributed by atoms with E-state index in [9.17, 15) is 4.79 Å². The van der Waals surface area contributed by atoms with E-state index in [2.05, 4.69) is 4.98 Å². The molecule has 0 unspecified atom stereocenters. The molecule has 4 rings (SSSR count). The number of H-pyrrole nitrogens is 1. The molecule has 3 aromatic rings. The minimum Gasteiger partial charge on any atom is -0.497 e. The normalized spacial score (nSPS) is 13.4. The highest BCUT2D eigenvalue weighted by Gasteiger charge is 2.26. The van der Waals surface area contributed by atoms with Gasteiger partial charge in [0.15, 0.2) is 11.5 Å². The fourth-order valence-corrected chi connectivity index (χ4v) is 3.86. The number of carbonyl (C=O) groups excluding carboxylic acids is 1. The topological polar surface area (TPSA) is 63.8 Å². The van der Waals surface area contributed by atoms with Gasteiger partial charge in [-0.25, -0.2) is 0 Å². The van der Waals surface area contributed by atoms with Gasteiger partial charge in [-0.15, -0.1) is 0 Å². The van der Waals surface area contributed by atoms with Gasteiger partial charge in [0.05, 0.1) is 21.3 Å². The van der Waals surface area contributed by atoms with E-state index < -0.39 is 0 Å². The molecule has 1 aliphatic heterocycles. The Morgan fingerprint density at radius 3 is 2.39 bits per heavy atom. The van der Waals surface area contributed by atoms with E-state index in [1.54, 1.807) is 21.3 Å². The summed E-state index contributed by atoms with van der Waals surface area (Å²) in [4.78, 5) is 18.4. The second kappa shape index (κ2) is 7.11. The molecule has 0 radical (unpaired) electrons. The predicted molar refractivity (Wildman–Crippen MR) is 108 cm³/mol. The van der Waals surface area contributed by atoms with Gasteiger partial charge in [-0.2, -0.15) is 0 Å². The molecule has 0 bridgehead atoms. The number of carbonyl (C=O) groups is 1. The molecule has 0 spiro atoms. The molecule has 0 saturated carbocycles. The van der Waals surface area contributed by atoms with Crippen LogP contribution in [-0.2, 0) is 13.0 Å². The Labute approximate surface area is 164 Å². The number of hydrogen-bond donors (Lipinski definition) is 1. The second-order valence-corrected chi connectivity index (χ2v) is 6.99. The molecule has 6 heteroatoms. The standard InChI is InChI=1S/C22H24N2O4/c1-13-17-11-16(26-2)5-6-18(17)23-21(13)22(25)24-8-7-14-9-19(27-3)20(28-4)10-15(14)12-24/h5-6,9-11,23H,7-8,12H2,1-4H3. The zero-order chi connectivity index (χ0) is 19.8. The molecule has 1 aromatic heterocycles. The van der Waals surface area contributed by atoms with Crippen molar-refractivity contribution in [3.8, 4) is 17.2 Å². The number of aromatic amines is 1. The van der Waals surface area contributed by atoms with Gasteiger partial charge in [-0.05, 0) is 60.4 Å². The van der Waals surface area contributed by atoms with Gasteiger partial charge in [0.1, 0.15) is 11.4 Å². The van der Waals surface area contributed by atoms with Crippen molar-refractivity contribution in [1.29, 1.82) is 0 Å². The Bertz CT molecular complexity index is 1050. The molecule has 1 N–H and O–H groups in total. The van der Waals surface area contributed by atoms with Crippen LogP contribution in [0.1, 0.15) is 27.2 Å². The summed E-state index contributed by atoms with van der Waals surface area (Å²) in [7, 11) is 4.90. The van der Waals surface area contributed by atoms with Crippen molar-refractivity contribution >= 4 is 16.8 Å². The lowest BCUT2D eigenvalue weighted by Gasteiger charge is -2.29.